The third kappa shape index (κ3) is 3.69. The van der Waals surface area contributed by atoms with Gasteiger partial charge in [0.2, 0.25) is 10.0 Å². The lowest BCUT2D eigenvalue weighted by atomic mass is 10.1. The second kappa shape index (κ2) is 6.25. The Hall–Kier alpha value is -1.25. The Balaban J connectivity index is 2.39. The van der Waals surface area contributed by atoms with Crippen LogP contribution >= 0.6 is 15.9 Å². The summed E-state index contributed by atoms with van der Waals surface area (Å²) >= 11 is 3.45. The second-order valence-electron chi connectivity index (χ2n) is 4.50. The molecule has 0 aliphatic heterocycles. The molecule has 1 aromatic heterocycles. The largest absolute Gasteiger partial charge is 0.262 e. The van der Waals surface area contributed by atoms with Gasteiger partial charge < -0.3 is 0 Å². The number of nitrogens with one attached hydrogen (secondary N) is 1. The lowest BCUT2D eigenvalue weighted by Gasteiger charge is -2.08. The van der Waals surface area contributed by atoms with Gasteiger partial charge in [-0.2, -0.15) is 5.10 Å². The maximum atomic E-state index is 13.0. The van der Waals surface area contributed by atoms with Crippen LogP contribution in [0.5, 0.6) is 0 Å². The van der Waals surface area contributed by atoms with E-state index in [0.717, 1.165) is 21.4 Å². The predicted octanol–water partition coefficient (Wildman–Crippen LogP) is 2.31. The van der Waals surface area contributed by atoms with Crippen LogP contribution in [0.15, 0.2) is 28.7 Å². The average Bonchev–Trinajstić information content (AvgIpc) is 2.73. The van der Waals surface area contributed by atoms with Crippen LogP contribution in [0.3, 0.4) is 0 Å². The summed E-state index contributed by atoms with van der Waals surface area (Å²) in [4.78, 5) is 0. The van der Waals surface area contributed by atoms with Crippen molar-refractivity contribution in [3.63, 3.8) is 0 Å². The van der Waals surface area contributed by atoms with Crippen molar-refractivity contribution < 1.29 is 12.8 Å². The van der Waals surface area contributed by atoms with E-state index in [1.54, 1.807) is 16.8 Å². The standard InChI is InChI=1S/C13H15BrFN3O2S/c1-9-12(14)13(10-3-5-11(15)6-4-10)18(17-9)7-8-21(19,20)16-2/h3-6,16H,7-8H2,1-2H3. The van der Waals surface area contributed by atoms with Gasteiger partial charge in [0.25, 0.3) is 0 Å². The minimum Gasteiger partial charge on any atom is -0.262 e. The van der Waals surface area contributed by atoms with Crippen molar-refractivity contribution in [1.29, 1.82) is 0 Å². The molecule has 0 radical (unpaired) electrons. The first-order valence-electron chi connectivity index (χ1n) is 6.24. The van der Waals surface area contributed by atoms with E-state index >= 15 is 0 Å². The Labute approximate surface area is 131 Å². The molecule has 0 aliphatic rings. The van der Waals surface area contributed by atoms with E-state index in [9.17, 15) is 12.8 Å². The van der Waals surface area contributed by atoms with Crippen molar-refractivity contribution in [1.82, 2.24) is 14.5 Å². The lowest BCUT2D eigenvalue weighted by Crippen LogP contribution is -2.25. The molecule has 1 heterocycles. The van der Waals surface area contributed by atoms with Crippen molar-refractivity contribution in [3.8, 4) is 11.3 Å². The quantitative estimate of drug-likeness (QED) is 0.871. The van der Waals surface area contributed by atoms with Crippen molar-refractivity contribution in [3.05, 3.63) is 40.2 Å². The normalized spacial score (nSPS) is 11.8. The molecule has 1 aromatic carbocycles. The summed E-state index contributed by atoms with van der Waals surface area (Å²) < 4.78 is 40.8. The number of aryl methyl sites for hydroxylation is 2. The van der Waals surface area contributed by atoms with E-state index in [1.165, 1.54) is 19.2 Å². The number of hydrogen-bond donors (Lipinski definition) is 1. The van der Waals surface area contributed by atoms with Crippen LogP contribution in [0.25, 0.3) is 11.3 Å². The van der Waals surface area contributed by atoms with Crippen molar-refractivity contribution in [2.45, 2.75) is 13.5 Å². The van der Waals surface area contributed by atoms with E-state index in [4.69, 9.17) is 0 Å². The minimum atomic E-state index is -3.31. The minimum absolute atomic E-state index is 0.0781. The molecule has 2 rings (SSSR count). The highest BCUT2D eigenvalue weighted by Gasteiger charge is 2.17. The molecule has 0 spiro atoms. The summed E-state index contributed by atoms with van der Waals surface area (Å²) in [6.45, 7) is 2.03. The fourth-order valence-electron chi connectivity index (χ4n) is 1.91. The lowest BCUT2D eigenvalue weighted by molar-refractivity contribution is 0.573. The van der Waals surface area contributed by atoms with Crippen LogP contribution in [0.2, 0.25) is 0 Å². The molecular weight excluding hydrogens is 361 g/mol. The van der Waals surface area contributed by atoms with E-state index in [2.05, 4.69) is 25.8 Å². The molecule has 0 fully saturated rings. The maximum Gasteiger partial charge on any atom is 0.213 e. The molecule has 0 saturated carbocycles. The monoisotopic (exact) mass is 375 g/mol. The van der Waals surface area contributed by atoms with Crippen LogP contribution in [0, 0.1) is 12.7 Å². The molecule has 0 unspecified atom stereocenters. The molecule has 2 aromatic rings. The van der Waals surface area contributed by atoms with Crippen LogP contribution < -0.4 is 4.72 Å². The van der Waals surface area contributed by atoms with Gasteiger partial charge in [0.05, 0.1) is 28.2 Å². The highest BCUT2D eigenvalue weighted by atomic mass is 79.9. The van der Waals surface area contributed by atoms with Gasteiger partial charge in [0.15, 0.2) is 0 Å². The van der Waals surface area contributed by atoms with E-state index in [1.807, 2.05) is 6.92 Å². The Morgan fingerprint density at radius 2 is 1.95 bits per heavy atom. The summed E-state index contributed by atoms with van der Waals surface area (Å²) in [5, 5.41) is 4.33. The molecule has 8 heteroatoms. The average molecular weight is 376 g/mol. The first kappa shape index (κ1) is 16.1. The summed E-state index contributed by atoms with van der Waals surface area (Å²) in [7, 11) is -1.94. The van der Waals surface area contributed by atoms with Gasteiger partial charge in [0, 0.05) is 5.56 Å². The molecule has 0 atom stereocenters. The molecular formula is C13H15BrFN3O2S. The van der Waals surface area contributed by atoms with Gasteiger partial charge in [-0.1, -0.05) is 0 Å². The van der Waals surface area contributed by atoms with Gasteiger partial charge in [-0.15, -0.1) is 0 Å². The van der Waals surface area contributed by atoms with E-state index < -0.39 is 10.0 Å². The van der Waals surface area contributed by atoms with Crippen LogP contribution in [-0.2, 0) is 16.6 Å². The molecule has 1 N–H and O–H groups in total. The molecule has 5 nitrogen and oxygen atoms in total. The van der Waals surface area contributed by atoms with Crippen molar-refractivity contribution in [2.75, 3.05) is 12.8 Å². The first-order chi connectivity index (χ1) is 9.84. The summed E-state index contributed by atoms with van der Waals surface area (Å²) in [6.07, 6.45) is 0. The molecule has 114 valence electrons. The number of nitrogens with zero attached hydrogens (tertiary/aromatic N) is 2. The van der Waals surface area contributed by atoms with Gasteiger partial charge in [-0.05, 0) is 54.2 Å². The zero-order valence-corrected chi connectivity index (χ0v) is 14.0. The number of rotatable bonds is 5. The van der Waals surface area contributed by atoms with Crippen molar-refractivity contribution in [2.24, 2.45) is 0 Å². The zero-order chi connectivity index (χ0) is 15.6. The van der Waals surface area contributed by atoms with Gasteiger partial charge in [0.1, 0.15) is 5.82 Å². The zero-order valence-electron chi connectivity index (χ0n) is 11.6. The Morgan fingerprint density at radius 1 is 1.33 bits per heavy atom. The van der Waals surface area contributed by atoms with Crippen LogP contribution in [0.1, 0.15) is 5.69 Å². The molecule has 0 bridgehead atoms. The third-order valence-electron chi connectivity index (χ3n) is 3.05. The SMILES string of the molecule is CNS(=O)(=O)CCn1nc(C)c(Br)c1-c1ccc(F)cc1. The number of halogens is 2. The number of benzene rings is 1. The molecule has 0 amide bonds. The number of hydrogen-bond acceptors (Lipinski definition) is 3. The fraction of sp³-hybridized carbons (Fsp3) is 0.308. The van der Waals surface area contributed by atoms with Crippen LogP contribution in [-0.4, -0.2) is 31.0 Å². The number of aromatic nitrogens is 2. The summed E-state index contributed by atoms with van der Waals surface area (Å²) in [5.41, 5.74) is 2.25. The molecule has 21 heavy (non-hydrogen) atoms. The summed E-state index contributed by atoms with van der Waals surface area (Å²) in [6, 6.07) is 6.00. The second-order valence-corrected chi connectivity index (χ2v) is 7.34. The highest BCUT2D eigenvalue weighted by Crippen LogP contribution is 2.31. The third-order valence-corrected chi connectivity index (χ3v) is 5.35. The smallest absolute Gasteiger partial charge is 0.213 e. The van der Waals surface area contributed by atoms with Crippen molar-refractivity contribution >= 4 is 26.0 Å². The fourth-order valence-corrected chi connectivity index (χ4v) is 3.04. The Bertz CT molecular complexity index is 742. The highest BCUT2D eigenvalue weighted by molar-refractivity contribution is 9.10. The van der Waals surface area contributed by atoms with Gasteiger partial charge >= 0.3 is 0 Å². The Morgan fingerprint density at radius 3 is 2.52 bits per heavy atom. The molecule has 0 aliphatic carbocycles. The summed E-state index contributed by atoms with van der Waals surface area (Å²) in [5.74, 6) is -0.402. The van der Waals surface area contributed by atoms with Gasteiger partial charge in [-0.3, -0.25) is 4.68 Å². The number of sulfonamides is 1. The van der Waals surface area contributed by atoms with E-state index in [0.29, 0.717) is 0 Å². The Kier molecular flexibility index (Phi) is 4.80. The molecule has 0 saturated heterocycles. The van der Waals surface area contributed by atoms with E-state index in [-0.39, 0.29) is 18.1 Å². The maximum absolute atomic E-state index is 13.0. The van der Waals surface area contributed by atoms with Crippen LogP contribution in [0.4, 0.5) is 4.39 Å². The predicted molar refractivity (Wildman–Crippen MR) is 82.9 cm³/mol. The first-order valence-corrected chi connectivity index (χ1v) is 8.68. The topological polar surface area (TPSA) is 64.0 Å². The van der Waals surface area contributed by atoms with Gasteiger partial charge in [-0.25, -0.2) is 17.5 Å².